The van der Waals surface area contributed by atoms with Crippen molar-refractivity contribution in [3.8, 4) is 0 Å². The Morgan fingerprint density at radius 1 is 1.62 bits per heavy atom. The van der Waals surface area contributed by atoms with Gasteiger partial charge in [0.15, 0.2) is 0 Å². The Kier molecular flexibility index (Phi) is 1.28. The van der Waals surface area contributed by atoms with E-state index in [0.29, 0.717) is 5.84 Å². The minimum atomic E-state index is 0.583. The second-order valence-electron chi connectivity index (χ2n) is 1.87. The minimum absolute atomic E-state index is 0.583. The van der Waals surface area contributed by atoms with Crippen LogP contribution in [-0.4, -0.2) is 23.6 Å². The Balaban J connectivity index is 2.54. The Morgan fingerprint density at radius 2 is 2.38 bits per heavy atom. The minimum Gasteiger partial charge on any atom is -0.322 e. The summed E-state index contributed by atoms with van der Waals surface area (Å²) in [6.07, 6.45) is 3.10. The van der Waals surface area contributed by atoms with Crippen LogP contribution in [0.1, 0.15) is 12.8 Å². The third kappa shape index (κ3) is 0.710. The molecule has 1 rings (SSSR count). The molecule has 0 aliphatic carbocycles. The molecule has 1 aliphatic rings. The van der Waals surface area contributed by atoms with Gasteiger partial charge >= 0.3 is 0 Å². The summed E-state index contributed by atoms with van der Waals surface area (Å²) >= 11 is 0. The SMILES string of the molecule is N=CN1CCCC1=N. The molecule has 2 N–H and O–H groups in total. The van der Waals surface area contributed by atoms with E-state index in [-0.39, 0.29) is 0 Å². The third-order valence-electron chi connectivity index (χ3n) is 1.32. The molecule has 3 heteroatoms. The molecule has 1 fully saturated rings. The standard InChI is InChI=1S/C5H9N3/c6-4-8-3-1-2-5(8)7/h4,6-7H,1-3H2. The molecule has 1 aliphatic heterocycles. The first-order valence-corrected chi connectivity index (χ1v) is 2.69. The molecule has 0 bridgehead atoms. The van der Waals surface area contributed by atoms with Crippen LogP contribution in [0.25, 0.3) is 0 Å². The average Bonchev–Trinajstić information content (AvgIpc) is 2.14. The number of amidine groups is 1. The zero-order chi connectivity index (χ0) is 5.98. The Morgan fingerprint density at radius 3 is 2.62 bits per heavy atom. The highest BCUT2D eigenvalue weighted by atomic mass is 15.2. The van der Waals surface area contributed by atoms with Crippen molar-refractivity contribution in [1.29, 1.82) is 10.8 Å². The van der Waals surface area contributed by atoms with E-state index in [2.05, 4.69) is 0 Å². The van der Waals surface area contributed by atoms with Gasteiger partial charge in [-0.25, -0.2) is 0 Å². The van der Waals surface area contributed by atoms with Crippen LogP contribution < -0.4 is 0 Å². The fraction of sp³-hybridized carbons (Fsp3) is 0.600. The fourth-order valence-electron chi connectivity index (χ4n) is 0.838. The van der Waals surface area contributed by atoms with Crippen molar-refractivity contribution < 1.29 is 0 Å². The maximum atomic E-state index is 7.18. The second kappa shape index (κ2) is 1.94. The fourth-order valence-corrected chi connectivity index (χ4v) is 0.838. The van der Waals surface area contributed by atoms with E-state index >= 15 is 0 Å². The van der Waals surface area contributed by atoms with Gasteiger partial charge < -0.3 is 4.90 Å². The molecule has 0 radical (unpaired) electrons. The molecule has 1 saturated heterocycles. The van der Waals surface area contributed by atoms with Crippen LogP contribution in [0, 0.1) is 10.8 Å². The smallest absolute Gasteiger partial charge is 0.101 e. The lowest BCUT2D eigenvalue weighted by atomic mass is 10.4. The lowest BCUT2D eigenvalue weighted by molar-refractivity contribution is 0.666. The lowest BCUT2D eigenvalue weighted by Crippen LogP contribution is -2.20. The average molecular weight is 111 g/mol. The van der Waals surface area contributed by atoms with Crippen LogP contribution in [-0.2, 0) is 0 Å². The highest BCUT2D eigenvalue weighted by molar-refractivity contribution is 5.90. The van der Waals surface area contributed by atoms with E-state index < -0.39 is 0 Å². The summed E-state index contributed by atoms with van der Waals surface area (Å²) in [5, 5.41) is 14.0. The number of likely N-dealkylation sites (tertiary alicyclic amines) is 1. The van der Waals surface area contributed by atoms with Crippen molar-refractivity contribution in [3.05, 3.63) is 0 Å². The molecule has 0 saturated carbocycles. The molecule has 44 valence electrons. The van der Waals surface area contributed by atoms with Gasteiger partial charge in [0.2, 0.25) is 0 Å². The predicted molar refractivity (Wildman–Crippen MR) is 32.5 cm³/mol. The molecule has 0 aromatic carbocycles. The van der Waals surface area contributed by atoms with E-state index in [1.54, 1.807) is 4.90 Å². The molecule has 3 nitrogen and oxygen atoms in total. The van der Waals surface area contributed by atoms with Gasteiger partial charge in [-0.15, -0.1) is 0 Å². The number of nitrogens with zero attached hydrogens (tertiary/aromatic N) is 1. The molecule has 0 atom stereocenters. The normalized spacial score (nSPS) is 19.5. The van der Waals surface area contributed by atoms with E-state index in [0.717, 1.165) is 19.4 Å². The molecule has 0 spiro atoms. The summed E-state index contributed by atoms with van der Waals surface area (Å²) in [4.78, 5) is 1.65. The summed E-state index contributed by atoms with van der Waals surface area (Å²) in [6.45, 7) is 0.863. The molecule has 0 unspecified atom stereocenters. The topological polar surface area (TPSA) is 50.9 Å². The predicted octanol–water partition coefficient (Wildman–Crippen LogP) is 0.667. The first-order valence-electron chi connectivity index (χ1n) is 2.69. The highest BCUT2D eigenvalue weighted by Crippen LogP contribution is 2.06. The molecular formula is C5H9N3. The molecular weight excluding hydrogens is 102 g/mol. The Bertz CT molecular complexity index is 119. The van der Waals surface area contributed by atoms with Crippen LogP contribution in [0.15, 0.2) is 0 Å². The van der Waals surface area contributed by atoms with Crippen molar-refractivity contribution in [3.63, 3.8) is 0 Å². The van der Waals surface area contributed by atoms with Crippen molar-refractivity contribution in [2.24, 2.45) is 0 Å². The summed E-state index contributed by atoms with van der Waals surface area (Å²) in [5.41, 5.74) is 0. The number of hydrogen-bond acceptors (Lipinski definition) is 2. The van der Waals surface area contributed by atoms with Gasteiger partial charge in [0.25, 0.3) is 0 Å². The van der Waals surface area contributed by atoms with Crippen molar-refractivity contribution in [1.82, 2.24) is 4.90 Å². The van der Waals surface area contributed by atoms with Crippen LogP contribution >= 0.6 is 0 Å². The highest BCUT2D eigenvalue weighted by Gasteiger charge is 2.12. The third-order valence-corrected chi connectivity index (χ3v) is 1.32. The zero-order valence-electron chi connectivity index (χ0n) is 4.65. The second-order valence-corrected chi connectivity index (χ2v) is 1.87. The van der Waals surface area contributed by atoms with E-state index in [1.807, 2.05) is 0 Å². The van der Waals surface area contributed by atoms with Crippen LogP contribution in [0.2, 0.25) is 0 Å². The Labute approximate surface area is 48.3 Å². The number of nitrogens with one attached hydrogen (secondary N) is 2. The van der Waals surface area contributed by atoms with Gasteiger partial charge in [0.1, 0.15) is 5.84 Å². The number of rotatable bonds is 1. The van der Waals surface area contributed by atoms with Gasteiger partial charge in [0.05, 0.1) is 6.34 Å². The maximum absolute atomic E-state index is 7.18. The van der Waals surface area contributed by atoms with Gasteiger partial charge in [0, 0.05) is 13.0 Å². The van der Waals surface area contributed by atoms with E-state index in [9.17, 15) is 0 Å². The maximum Gasteiger partial charge on any atom is 0.101 e. The first-order chi connectivity index (χ1) is 3.84. The van der Waals surface area contributed by atoms with Gasteiger partial charge in [-0.1, -0.05) is 0 Å². The van der Waals surface area contributed by atoms with Gasteiger partial charge in [-0.2, -0.15) is 0 Å². The molecule has 8 heavy (non-hydrogen) atoms. The molecule has 0 aromatic heterocycles. The van der Waals surface area contributed by atoms with E-state index in [1.165, 1.54) is 6.34 Å². The number of hydrogen-bond donors (Lipinski definition) is 2. The largest absolute Gasteiger partial charge is 0.322 e. The van der Waals surface area contributed by atoms with E-state index in [4.69, 9.17) is 10.8 Å². The van der Waals surface area contributed by atoms with Gasteiger partial charge in [-0.05, 0) is 6.42 Å². The van der Waals surface area contributed by atoms with Gasteiger partial charge in [-0.3, -0.25) is 10.8 Å². The molecule has 0 amide bonds. The summed E-state index contributed by atoms with van der Waals surface area (Å²) in [5.74, 6) is 0.583. The first kappa shape index (κ1) is 5.28. The van der Waals surface area contributed by atoms with Crippen LogP contribution in [0.3, 0.4) is 0 Å². The van der Waals surface area contributed by atoms with Crippen molar-refractivity contribution in [2.45, 2.75) is 12.8 Å². The summed E-state index contributed by atoms with van der Waals surface area (Å²) in [6, 6.07) is 0. The van der Waals surface area contributed by atoms with Crippen molar-refractivity contribution in [2.75, 3.05) is 6.54 Å². The molecule has 1 heterocycles. The lowest BCUT2D eigenvalue weighted by Gasteiger charge is -2.07. The molecule has 0 aromatic rings. The monoisotopic (exact) mass is 111 g/mol. The Hall–Kier alpha value is -0.860. The quantitative estimate of drug-likeness (QED) is 0.379. The zero-order valence-corrected chi connectivity index (χ0v) is 4.65. The van der Waals surface area contributed by atoms with Crippen LogP contribution in [0.5, 0.6) is 0 Å². The van der Waals surface area contributed by atoms with Crippen molar-refractivity contribution >= 4 is 12.2 Å². The summed E-state index contributed by atoms with van der Waals surface area (Å²) in [7, 11) is 0. The summed E-state index contributed by atoms with van der Waals surface area (Å²) < 4.78 is 0. The van der Waals surface area contributed by atoms with Crippen LogP contribution in [0.4, 0.5) is 0 Å².